The summed E-state index contributed by atoms with van der Waals surface area (Å²) in [4.78, 5) is 12.9. The molecule has 0 bridgehead atoms. The Hall–Kier alpha value is -0.990. The van der Waals surface area contributed by atoms with Crippen LogP contribution in [0.4, 0.5) is 4.79 Å². The fraction of sp³-hybridized carbons (Fsp3) is 0.625. The second-order valence-electron chi connectivity index (χ2n) is 2.96. The molecule has 0 saturated carbocycles. The molecule has 1 heterocycles. The molecule has 0 atom stereocenters. The second kappa shape index (κ2) is 3.42. The zero-order valence-electron chi connectivity index (χ0n) is 6.89. The predicted molar refractivity (Wildman–Crippen MR) is 44.4 cm³/mol. The Morgan fingerprint density at radius 2 is 2.55 bits per heavy atom. The van der Waals surface area contributed by atoms with Crippen molar-refractivity contribution in [1.82, 2.24) is 10.2 Å². The van der Waals surface area contributed by atoms with Gasteiger partial charge in [-0.3, -0.25) is 0 Å². The van der Waals surface area contributed by atoms with Crippen LogP contribution in [-0.2, 0) is 0 Å². The molecule has 1 rings (SSSR count). The Bertz CT molecular complexity index is 177. The number of carbonyl (C=O) groups excluding carboxylic acids is 1. The van der Waals surface area contributed by atoms with Crippen molar-refractivity contribution in [2.75, 3.05) is 19.6 Å². The number of hydrogen-bond donors (Lipinski definition) is 1. The zero-order chi connectivity index (χ0) is 8.27. The minimum absolute atomic E-state index is 0.0410. The van der Waals surface area contributed by atoms with E-state index in [1.807, 2.05) is 6.92 Å². The maximum absolute atomic E-state index is 11.1. The predicted octanol–water partition coefficient (Wildman–Crippen LogP) is 0.978. The molecular weight excluding hydrogens is 140 g/mol. The summed E-state index contributed by atoms with van der Waals surface area (Å²) in [5.41, 5.74) is 1.03. The molecule has 0 spiro atoms. The first kappa shape index (κ1) is 8.11. The van der Waals surface area contributed by atoms with E-state index in [-0.39, 0.29) is 6.03 Å². The second-order valence-corrected chi connectivity index (χ2v) is 2.96. The molecule has 0 aliphatic carbocycles. The molecule has 3 nitrogen and oxygen atoms in total. The lowest BCUT2D eigenvalue weighted by Gasteiger charge is -2.27. The van der Waals surface area contributed by atoms with Gasteiger partial charge in [0.25, 0.3) is 0 Å². The molecule has 0 radical (unpaired) electrons. The van der Waals surface area contributed by atoms with Crippen LogP contribution in [-0.4, -0.2) is 30.6 Å². The van der Waals surface area contributed by atoms with Gasteiger partial charge in [0.15, 0.2) is 0 Å². The highest BCUT2D eigenvalue weighted by atomic mass is 16.2. The number of hydrogen-bond acceptors (Lipinski definition) is 1. The zero-order valence-corrected chi connectivity index (χ0v) is 6.89. The van der Waals surface area contributed by atoms with E-state index in [1.54, 1.807) is 4.90 Å². The third-order valence-corrected chi connectivity index (χ3v) is 1.63. The van der Waals surface area contributed by atoms with E-state index in [0.29, 0.717) is 6.54 Å². The van der Waals surface area contributed by atoms with Gasteiger partial charge in [-0.25, -0.2) is 4.79 Å². The molecule has 1 fully saturated rings. The summed E-state index contributed by atoms with van der Waals surface area (Å²) in [5.74, 6) is 0. The molecule has 3 heteroatoms. The maximum atomic E-state index is 11.1. The van der Waals surface area contributed by atoms with E-state index in [4.69, 9.17) is 0 Å². The average molecular weight is 154 g/mol. The monoisotopic (exact) mass is 154 g/mol. The van der Waals surface area contributed by atoms with Crippen molar-refractivity contribution in [3.05, 3.63) is 12.2 Å². The van der Waals surface area contributed by atoms with Crippen LogP contribution < -0.4 is 5.32 Å². The first-order chi connectivity index (χ1) is 5.20. The summed E-state index contributed by atoms with van der Waals surface area (Å²) in [5, 5.41) is 2.78. The number of rotatable bonds is 2. The summed E-state index contributed by atoms with van der Waals surface area (Å²) in [6, 6.07) is 0.0410. The number of nitrogens with one attached hydrogen (secondary N) is 1. The number of amides is 2. The smallest absolute Gasteiger partial charge is 0.317 e. The van der Waals surface area contributed by atoms with Gasteiger partial charge in [0.2, 0.25) is 0 Å². The fourth-order valence-corrected chi connectivity index (χ4v) is 1.16. The molecule has 11 heavy (non-hydrogen) atoms. The quantitative estimate of drug-likeness (QED) is 0.591. The average Bonchev–Trinajstić information content (AvgIpc) is 1.93. The van der Waals surface area contributed by atoms with Crippen molar-refractivity contribution in [2.24, 2.45) is 0 Å². The molecule has 1 saturated heterocycles. The Morgan fingerprint density at radius 1 is 1.82 bits per heavy atom. The van der Waals surface area contributed by atoms with E-state index >= 15 is 0 Å². The standard InChI is InChI=1S/C8H14N2O/c1-7(2)6-10-5-3-4-9-8(10)11/h1,3-6H2,2H3,(H,9,11). The molecule has 0 aromatic carbocycles. The summed E-state index contributed by atoms with van der Waals surface area (Å²) in [6.07, 6.45) is 1.04. The topological polar surface area (TPSA) is 32.3 Å². The van der Waals surface area contributed by atoms with Gasteiger partial charge in [0, 0.05) is 19.6 Å². The van der Waals surface area contributed by atoms with Gasteiger partial charge in [0.1, 0.15) is 0 Å². The molecule has 1 aliphatic heterocycles. The number of carbonyl (C=O) groups is 1. The fourth-order valence-electron chi connectivity index (χ4n) is 1.16. The molecule has 0 unspecified atom stereocenters. The van der Waals surface area contributed by atoms with E-state index in [2.05, 4.69) is 11.9 Å². The summed E-state index contributed by atoms with van der Waals surface area (Å²) in [6.45, 7) is 8.05. The molecule has 2 amide bonds. The number of nitrogens with zero attached hydrogens (tertiary/aromatic N) is 1. The first-order valence-corrected chi connectivity index (χ1v) is 3.87. The van der Waals surface area contributed by atoms with Crippen molar-refractivity contribution < 1.29 is 4.79 Å². The van der Waals surface area contributed by atoms with Gasteiger partial charge in [0.05, 0.1) is 0 Å². The number of urea groups is 1. The molecule has 62 valence electrons. The van der Waals surface area contributed by atoms with E-state index in [1.165, 1.54) is 0 Å². The van der Waals surface area contributed by atoms with Crippen LogP contribution in [0.1, 0.15) is 13.3 Å². The Morgan fingerprint density at radius 3 is 3.09 bits per heavy atom. The SMILES string of the molecule is C=C(C)CN1CCCNC1=O. The third kappa shape index (κ3) is 2.26. The van der Waals surface area contributed by atoms with Crippen LogP contribution in [0.5, 0.6) is 0 Å². The van der Waals surface area contributed by atoms with Gasteiger partial charge in [-0.1, -0.05) is 12.2 Å². The highest BCUT2D eigenvalue weighted by Crippen LogP contribution is 2.01. The molecule has 0 aromatic rings. The summed E-state index contributed by atoms with van der Waals surface area (Å²) in [7, 11) is 0. The highest BCUT2D eigenvalue weighted by molar-refractivity contribution is 5.75. The largest absolute Gasteiger partial charge is 0.338 e. The van der Waals surface area contributed by atoms with Crippen LogP contribution in [0.15, 0.2) is 12.2 Å². The van der Waals surface area contributed by atoms with Gasteiger partial charge in [-0.15, -0.1) is 0 Å². The lowest BCUT2D eigenvalue weighted by atomic mass is 10.2. The normalized spacial score (nSPS) is 17.9. The van der Waals surface area contributed by atoms with E-state index in [0.717, 1.165) is 25.1 Å². The summed E-state index contributed by atoms with van der Waals surface area (Å²) < 4.78 is 0. The minimum Gasteiger partial charge on any atom is -0.338 e. The van der Waals surface area contributed by atoms with Gasteiger partial charge < -0.3 is 10.2 Å². The Kier molecular flexibility index (Phi) is 2.52. The molecule has 1 N–H and O–H groups in total. The Labute approximate surface area is 67.1 Å². The minimum atomic E-state index is 0.0410. The lowest BCUT2D eigenvalue weighted by molar-refractivity contribution is 0.191. The van der Waals surface area contributed by atoms with Gasteiger partial charge in [-0.05, 0) is 13.3 Å². The van der Waals surface area contributed by atoms with Gasteiger partial charge in [-0.2, -0.15) is 0 Å². The molecular formula is C8H14N2O. The molecule has 0 aromatic heterocycles. The van der Waals surface area contributed by atoms with Crippen LogP contribution in [0, 0.1) is 0 Å². The van der Waals surface area contributed by atoms with E-state index < -0.39 is 0 Å². The highest BCUT2D eigenvalue weighted by Gasteiger charge is 2.16. The van der Waals surface area contributed by atoms with Crippen molar-refractivity contribution in [3.63, 3.8) is 0 Å². The van der Waals surface area contributed by atoms with Crippen molar-refractivity contribution >= 4 is 6.03 Å². The third-order valence-electron chi connectivity index (χ3n) is 1.63. The van der Waals surface area contributed by atoms with E-state index in [9.17, 15) is 4.79 Å². The van der Waals surface area contributed by atoms with Crippen LogP contribution in [0.25, 0.3) is 0 Å². The lowest BCUT2D eigenvalue weighted by Crippen LogP contribution is -2.46. The maximum Gasteiger partial charge on any atom is 0.317 e. The van der Waals surface area contributed by atoms with Crippen LogP contribution in [0.2, 0.25) is 0 Å². The Balaban J connectivity index is 2.42. The van der Waals surface area contributed by atoms with Crippen molar-refractivity contribution in [3.8, 4) is 0 Å². The van der Waals surface area contributed by atoms with Crippen molar-refractivity contribution in [1.29, 1.82) is 0 Å². The van der Waals surface area contributed by atoms with Gasteiger partial charge >= 0.3 is 6.03 Å². The summed E-state index contributed by atoms with van der Waals surface area (Å²) >= 11 is 0. The molecule has 1 aliphatic rings. The first-order valence-electron chi connectivity index (χ1n) is 3.87. The van der Waals surface area contributed by atoms with Crippen LogP contribution >= 0.6 is 0 Å². The van der Waals surface area contributed by atoms with Crippen LogP contribution in [0.3, 0.4) is 0 Å². The van der Waals surface area contributed by atoms with Crippen molar-refractivity contribution in [2.45, 2.75) is 13.3 Å².